The van der Waals surface area contributed by atoms with E-state index in [9.17, 15) is 4.79 Å². The number of nitrogens with zero attached hydrogens (tertiary/aromatic N) is 2. The first-order valence-electron chi connectivity index (χ1n) is 6.41. The molecule has 1 saturated carbocycles. The molecule has 2 aromatic rings. The Labute approximate surface area is 120 Å². The second-order valence-corrected chi connectivity index (χ2v) is 6.76. The van der Waals surface area contributed by atoms with Gasteiger partial charge in [-0.3, -0.25) is 9.36 Å². The number of aromatic amines is 1. The summed E-state index contributed by atoms with van der Waals surface area (Å²) in [5.74, 6) is 0. The molecule has 1 aliphatic carbocycles. The van der Waals surface area contributed by atoms with Crippen LogP contribution in [0.3, 0.4) is 0 Å². The van der Waals surface area contributed by atoms with Crippen LogP contribution in [0.4, 0.5) is 0 Å². The third-order valence-corrected chi connectivity index (χ3v) is 5.44. The number of likely N-dealkylation sites (N-methyl/N-ethyl adjacent to an activating group) is 1. The van der Waals surface area contributed by atoms with E-state index in [1.165, 1.54) is 17.8 Å². The normalized spacial score (nSPS) is 17.8. The fraction of sp³-hybridized carbons (Fsp3) is 0.538. The third-order valence-electron chi connectivity index (χ3n) is 4.29. The van der Waals surface area contributed by atoms with Crippen molar-refractivity contribution in [1.29, 1.82) is 0 Å². The van der Waals surface area contributed by atoms with Gasteiger partial charge in [0.1, 0.15) is 4.83 Å². The van der Waals surface area contributed by atoms with Gasteiger partial charge in [-0.15, -0.1) is 11.3 Å². The number of thiophene rings is 1. The van der Waals surface area contributed by atoms with Crippen molar-refractivity contribution in [2.24, 2.45) is 0 Å². The van der Waals surface area contributed by atoms with E-state index < -0.39 is 0 Å². The van der Waals surface area contributed by atoms with Crippen molar-refractivity contribution in [3.8, 4) is 0 Å². The SMILES string of the molecule is CN(C)C1(Cn2c(=S)[nH]c3sccc3c2=O)CCC1. The van der Waals surface area contributed by atoms with Crippen molar-refractivity contribution in [2.45, 2.75) is 31.3 Å². The van der Waals surface area contributed by atoms with Crippen LogP contribution in [0.15, 0.2) is 16.2 Å². The maximum Gasteiger partial charge on any atom is 0.263 e. The van der Waals surface area contributed by atoms with Gasteiger partial charge in [-0.05, 0) is 57.0 Å². The molecule has 0 unspecified atom stereocenters. The first kappa shape index (κ1) is 13.0. The Morgan fingerprint density at radius 3 is 2.84 bits per heavy atom. The first-order valence-corrected chi connectivity index (χ1v) is 7.70. The number of hydrogen-bond acceptors (Lipinski definition) is 4. The van der Waals surface area contributed by atoms with Gasteiger partial charge in [-0.2, -0.15) is 0 Å². The van der Waals surface area contributed by atoms with E-state index in [0.29, 0.717) is 11.3 Å². The highest BCUT2D eigenvalue weighted by molar-refractivity contribution is 7.71. The molecule has 1 N–H and O–H groups in total. The van der Waals surface area contributed by atoms with E-state index in [4.69, 9.17) is 12.2 Å². The summed E-state index contributed by atoms with van der Waals surface area (Å²) in [5.41, 5.74) is 0.127. The standard InChI is InChI=1S/C13H17N3OS2/c1-15(2)13(5-3-6-13)8-16-11(17)9-4-7-19-10(9)14-12(16)18/h4,7H,3,5-6,8H2,1-2H3,(H,14,18). The number of rotatable bonds is 3. The molecular weight excluding hydrogens is 278 g/mol. The molecule has 1 fully saturated rings. The minimum atomic E-state index is 0.0353. The molecule has 1 aliphatic rings. The molecule has 6 heteroatoms. The number of H-pyrrole nitrogens is 1. The first-order chi connectivity index (χ1) is 9.03. The van der Waals surface area contributed by atoms with E-state index in [0.717, 1.165) is 23.1 Å². The molecule has 0 saturated heterocycles. The lowest BCUT2D eigenvalue weighted by Gasteiger charge is -2.47. The summed E-state index contributed by atoms with van der Waals surface area (Å²) in [4.78, 5) is 18.8. The lowest BCUT2D eigenvalue weighted by molar-refractivity contribution is 0.0409. The molecule has 19 heavy (non-hydrogen) atoms. The summed E-state index contributed by atoms with van der Waals surface area (Å²) >= 11 is 6.88. The molecule has 4 nitrogen and oxygen atoms in total. The van der Waals surface area contributed by atoms with Gasteiger partial charge in [0, 0.05) is 12.1 Å². The molecule has 0 amide bonds. The topological polar surface area (TPSA) is 41.0 Å². The molecule has 3 rings (SSSR count). The lowest BCUT2D eigenvalue weighted by atomic mass is 9.75. The predicted octanol–water partition coefficient (Wildman–Crippen LogP) is 2.60. The van der Waals surface area contributed by atoms with Crippen molar-refractivity contribution in [3.63, 3.8) is 0 Å². The van der Waals surface area contributed by atoms with E-state index in [-0.39, 0.29) is 11.1 Å². The van der Waals surface area contributed by atoms with Crippen LogP contribution in [0.25, 0.3) is 10.2 Å². The Morgan fingerprint density at radius 2 is 2.26 bits per heavy atom. The largest absolute Gasteiger partial charge is 0.323 e. The van der Waals surface area contributed by atoms with Gasteiger partial charge in [-0.25, -0.2) is 0 Å². The molecule has 2 heterocycles. The molecule has 102 valence electrons. The molecule has 0 bridgehead atoms. The number of nitrogens with one attached hydrogen (secondary N) is 1. The van der Waals surface area contributed by atoms with Gasteiger partial charge < -0.3 is 9.88 Å². The van der Waals surface area contributed by atoms with Gasteiger partial charge in [0.15, 0.2) is 4.77 Å². The van der Waals surface area contributed by atoms with Crippen LogP contribution < -0.4 is 5.56 Å². The van der Waals surface area contributed by atoms with Gasteiger partial charge in [0.25, 0.3) is 5.56 Å². The average molecular weight is 295 g/mol. The summed E-state index contributed by atoms with van der Waals surface area (Å²) in [7, 11) is 4.17. The number of fused-ring (bicyclic) bond motifs is 1. The Hall–Kier alpha value is -0.980. The summed E-state index contributed by atoms with van der Waals surface area (Å²) in [6.45, 7) is 0.681. The average Bonchev–Trinajstić information content (AvgIpc) is 2.74. The smallest absolute Gasteiger partial charge is 0.263 e. The van der Waals surface area contributed by atoms with E-state index in [1.807, 2.05) is 11.4 Å². The third kappa shape index (κ3) is 1.98. The van der Waals surface area contributed by atoms with Crippen LogP contribution in [0.5, 0.6) is 0 Å². The Bertz CT molecular complexity index is 721. The lowest BCUT2D eigenvalue weighted by Crippen LogP contribution is -2.54. The molecule has 0 radical (unpaired) electrons. The minimum Gasteiger partial charge on any atom is -0.323 e. The Kier molecular flexibility index (Phi) is 3.11. The highest BCUT2D eigenvalue weighted by Gasteiger charge is 2.39. The second-order valence-electron chi connectivity index (χ2n) is 5.46. The van der Waals surface area contributed by atoms with Crippen LogP contribution in [0.2, 0.25) is 0 Å². The van der Waals surface area contributed by atoms with Crippen LogP contribution in [0.1, 0.15) is 19.3 Å². The zero-order valence-corrected chi connectivity index (χ0v) is 12.7. The van der Waals surface area contributed by atoms with E-state index in [2.05, 4.69) is 24.0 Å². The quantitative estimate of drug-likeness (QED) is 0.885. The van der Waals surface area contributed by atoms with Gasteiger partial charge >= 0.3 is 0 Å². The fourth-order valence-electron chi connectivity index (χ4n) is 2.75. The van der Waals surface area contributed by atoms with Gasteiger partial charge in [0.05, 0.1) is 5.39 Å². The summed E-state index contributed by atoms with van der Waals surface area (Å²) < 4.78 is 2.26. The van der Waals surface area contributed by atoms with Crippen LogP contribution in [-0.2, 0) is 6.54 Å². The predicted molar refractivity (Wildman–Crippen MR) is 81.5 cm³/mol. The van der Waals surface area contributed by atoms with Crippen LogP contribution >= 0.6 is 23.6 Å². The molecule has 0 aromatic carbocycles. The second kappa shape index (κ2) is 4.54. The zero-order chi connectivity index (χ0) is 13.6. The van der Waals surface area contributed by atoms with Crippen molar-refractivity contribution in [2.75, 3.05) is 14.1 Å². The van der Waals surface area contributed by atoms with Crippen molar-refractivity contribution >= 4 is 33.8 Å². The highest BCUT2D eigenvalue weighted by Crippen LogP contribution is 2.37. The zero-order valence-electron chi connectivity index (χ0n) is 11.1. The maximum absolute atomic E-state index is 12.5. The molecule has 0 aliphatic heterocycles. The highest BCUT2D eigenvalue weighted by atomic mass is 32.1. The summed E-state index contributed by atoms with van der Waals surface area (Å²) in [6, 6.07) is 1.87. The van der Waals surface area contributed by atoms with Gasteiger partial charge in [-0.1, -0.05) is 0 Å². The van der Waals surface area contributed by atoms with Crippen molar-refractivity contribution < 1.29 is 0 Å². The monoisotopic (exact) mass is 295 g/mol. The Morgan fingerprint density at radius 1 is 1.53 bits per heavy atom. The maximum atomic E-state index is 12.5. The Balaban J connectivity index is 2.10. The summed E-state index contributed by atoms with van der Waals surface area (Å²) in [5, 5.41) is 2.67. The minimum absolute atomic E-state index is 0.0353. The fourth-order valence-corrected chi connectivity index (χ4v) is 3.84. The number of aromatic nitrogens is 2. The van der Waals surface area contributed by atoms with Crippen molar-refractivity contribution in [1.82, 2.24) is 14.5 Å². The molecule has 2 aromatic heterocycles. The van der Waals surface area contributed by atoms with Crippen molar-refractivity contribution in [3.05, 3.63) is 26.6 Å². The van der Waals surface area contributed by atoms with Crippen LogP contribution in [0, 0.1) is 4.77 Å². The van der Waals surface area contributed by atoms with Gasteiger partial charge in [0.2, 0.25) is 0 Å². The summed E-state index contributed by atoms with van der Waals surface area (Å²) in [6.07, 6.45) is 3.48. The molecule has 0 atom stereocenters. The number of hydrogen-bond donors (Lipinski definition) is 1. The van der Waals surface area contributed by atoms with E-state index in [1.54, 1.807) is 4.57 Å². The molecular formula is C13H17N3OS2. The molecule has 0 spiro atoms. The van der Waals surface area contributed by atoms with E-state index >= 15 is 0 Å². The van der Waals surface area contributed by atoms with Crippen LogP contribution in [-0.4, -0.2) is 34.1 Å².